The van der Waals surface area contributed by atoms with Crippen molar-refractivity contribution in [3.63, 3.8) is 0 Å². The predicted molar refractivity (Wildman–Crippen MR) is 70.4 cm³/mol. The molecule has 0 radical (unpaired) electrons. The quantitative estimate of drug-likeness (QED) is 0.860. The minimum Gasteiger partial charge on any atom is -0.340 e. The zero-order valence-electron chi connectivity index (χ0n) is 11.5. The van der Waals surface area contributed by atoms with Crippen LogP contribution in [0.25, 0.3) is 0 Å². The lowest BCUT2D eigenvalue weighted by Gasteiger charge is -2.35. The molecule has 102 valence electrons. The van der Waals surface area contributed by atoms with E-state index in [1.54, 1.807) is 0 Å². The minimum atomic E-state index is 0.283. The van der Waals surface area contributed by atoms with Gasteiger partial charge in [0.2, 0.25) is 5.89 Å². The Kier molecular flexibility index (Phi) is 4.72. The fourth-order valence-corrected chi connectivity index (χ4v) is 2.69. The van der Waals surface area contributed by atoms with Gasteiger partial charge in [0.1, 0.15) is 0 Å². The van der Waals surface area contributed by atoms with Crippen LogP contribution in [0, 0.1) is 0 Å². The summed E-state index contributed by atoms with van der Waals surface area (Å²) < 4.78 is 5.06. The first kappa shape index (κ1) is 13.5. The molecule has 2 heterocycles. The Balaban J connectivity index is 1.90. The number of nitrogens with zero attached hydrogens (tertiary/aromatic N) is 3. The first-order chi connectivity index (χ1) is 8.78. The second kappa shape index (κ2) is 6.29. The zero-order valence-corrected chi connectivity index (χ0v) is 11.5. The highest BCUT2D eigenvalue weighted by atomic mass is 16.5. The lowest BCUT2D eigenvalue weighted by Crippen LogP contribution is -2.50. The van der Waals surface area contributed by atoms with Gasteiger partial charge in [-0.2, -0.15) is 4.98 Å². The highest BCUT2D eigenvalue weighted by Crippen LogP contribution is 2.19. The Labute approximate surface area is 109 Å². The van der Waals surface area contributed by atoms with Crippen molar-refractivity contribution < 1.29 is 4.52 Å². The van der Waals surface area contributed by atoms with Crippen molar-refractivity contribution in [2.24, 2.45) is 0 Å². The Morgan fingerprint density at radius 1 is 1.44 bits per heavy atom. The molecule has 0 spiro atoms. The lowest BCUT2D eigenvalue weighted by molar-refractivity contribution is 0.194. The van der Waals surface area contributed by atoms with Crippen LogP contribution in [0.4, 0.5) is 0 Å². The highest BCUT2D eigenvalue weighted by molar-refractivity contribution is 4.91. The van der Waals surface area contributed by atoms with Crippen molar-refractivity contribution in [3.8, 4) is 0 Å². The molecule has 2 rings (SSSR count). The van der Waals surface area contributed by atoms with E-state index in [4.69, 9.17) is 4.52 Å². The summed E-state index contributed by atoms with van der Waals surface area (Å²) in [5.74, 6) is 0.741. The van der Waals surface area contributed by atoms with Crippen LogP contribution in [0.2, 0.25) is 0 Å². The molecule has 1 N–H and O–H groups in total. The summed E-state index contributed by atoms with van der Waals surface area (Å²) in [6.07, 6.45) is 5.90. The normalized spacial score (nSPS) is 20.8. The van der Waals surface area contributed by atoms with E-state index in [0.717, 1.165) is 38.5 Å². The van der Waals surface area contributed by atoms with Crippen molar-refractivity contribution in [3.05, 3.63) is 12.2 Å². The SMILES string of the molecule is CCC1(CC)CN(CCc2ncno2)CCCN1. The van der Waals surface area contributed by atoms with Gasteiger partial charge in [-0.15, -0.1) is 0 Å². The molecule has 0 amide bonds. The van der Waals surface area contributed by atoms with Gasteiger partial charge in [-0.25, -0.2) is 0 Å². The highest BCUT2D eigenvalue weighted by Gasteiger charge is 2.29. The summed E-state index contributed by atoms with van der Waals surface area (Å²) in [4.78, 5) is 6.61. The molecule has 1 saturated heterocycles. The summed E-state index contributed by atoms with van der Waals surface area (Å²) in [5, 5.41) is 7.37. The van der Waals surface area contributed by atoms with Crippen molar-refractivity contribution in [2.75, 3.05) is 26.2 Å². The van der Waals surface area contributed by atoms with Crippen LogP contribution in [0.15, 0.2) is 10.9 Å². The molecule has 1 fully saturated rings. The van der Waals surface area contributed by atoms with Gasteiger partial charge in [-0.05, 0) is 32.4 Å². The van der Waals surface area contributed by atoms with Crippen molar-refractivity contribution >= 4 is 0 Å². The van der Waals surface area contributed by atoms with Crippen molar-refractivity contribution in [2.45, 2.75) is 45.1 Å². The van der Waals surface area contributed by atoms with Gasteiger partial charge in [0.05, 0.1) is 0 Å². The summed E-state index contributed by atoms with van der Waals surface area (Å²) in [6.45, 7) is 8.96. The Morgan fingerprint density at radius 2 is 2.28 bits per heavy atom. The first-order valence-corrected chi connectivity index (χ1v) is 7.01. The summed E-state index contributed by atoms with van der Waals surface area (Å²) in [7, 11) is 0. The standard InChI is InChI=1S/C13H24N4O/c1-3-13(4-2)10-17(8-5-7-15-13)9-6-12-14-11-16-18-12/h11,15H,3-10H2,1-2H3. The second-order valence-corrected chi connectivity index (χ2v) is 5.13. The average molecular weight is 252 g/mol. The van der Waals surface area contributed by atoms with Gasteiger partial charge in [0.15, 0.2) is 6.33 Å². The lowest BCUT2D eigenvalue weighted by atomic mass is 9.92. The van der Waals surface area contributed by atoms with Crippen LogP contribution in [0.3, 0.4) is 0 Å². The second-order valence-electron chi connectivity index (χ2n) is 5.13. The fraction of sp³-hybridized carbons (Fsp3) is 0.846. The third-order valence-electron chi connectivity index (χ3n) is 4.08. The molecule has 0 bridgehead atoms. The molecule has 1 aliphatic rings. The molecule has 0 saturated carbocycles. The minimum absolute atomic E-state index is 0.283. The van der Waals surface area contributed by atoms with Gasteiger partial charge in [0.25, 0.3) is 0 Å². The van der Waals surface area contributed by atoms with Gasteiger partial charge in [0, 0.05) is 25.0 Å². The number of hydrogen-bond donors (Lipinski definition) is 1. The molecule has 0 unspecified atom stereocenters. The van der Waals surface area contributed by atoms with E-state index in [0.29, 0.717) is 0 Å². The molecule has 0 aliphatic carbocycles. The van der Waals surface area contributed by atoms with Crippen LogP contribution in [0.5, 0.6) is 0 Å². The molecule has 1 aromatic heterocycles. The van der Waals surface area contributed by atoms with E-state index < -0.39 is 0 Å². The Hall–Kier alpha value is -0.940. The average Bonchev–Trinajstić information content (AvgIpc) is 2.83. The smallest absolute Gasteiger partial charge is 0.227 e. The molecule has 1 aliphatic heterocycles. The molecule has 5 heteroatoms. The molecular formula is C13H24N4O. The topological polar surface area (TPSA) is 54.2 Å². The van der Waals surface area contributed by atoms with Gasteiger partial charge in [-0.1, -0.05) is 19.0 Å². The van der Waals surface area contributed by atoms with Gasteiger partial charge in [-0.3, -0.25) is 0 Å². The number of aromatic nitrogens is 2. The van der Waals surface area contributed by atoms with Crippen LogP contribution < -0.4 is 5.32 Å². The van der Waals surface area contributed by atoms with Crippen LogP contribution in [-0.4, -0.2) is 46.8 Å². The molecule has 0 aromatic carbocycles. The maximum Gasteiger partial charge on any atom is 0.227 e. The van der Waals surface area contributed by atoms with E-state index in [1.807, 2.05) is 0 Å². The fourth-order valence-electron chi connectivity index (χ4n) is 2.69. The third kappa shape index (κ3) is 3.29. The monoisotopic (exact) mass is 252 g/mol. The third-order valence-corrected chi connectivity index (χ3v) is 4.08. The van der Waals surface area contributed by atoms with E-state index in [1.165, 1.54) is 25.6 Å². The molecular weight excluding hydrogens is 228 g/mol. The maximum absolute atomic E-state index is 5.06. The van der Waals surface area contributed by atoms with E-state index in [9.17, 15) is 0 Å². The van der Waals surface area contributed by atoms with Crippen LogP contribution in [0.1, 0.15) is 39.0 Å². The predicted octanol–water partition coefficient (Wildman–Crippen LogP) is 1.47. The van der Waals surface area contributed by atoms with Crippen molar-refractivity contribution in [1.29, 1.82) is 0 Å². The summed E-state index contributed by atoms with van der Waals surface area (Å²) in [5.41, 5.74) is 0.283. The van der Waals surface area contributed by atoms with Crippen LogP contribution >= 0.6 is 0 Å². The van der Waals surface area contributed by atoms with E-state index in [2.05, 4.69) is 34.2 Å². The largest absolute Gasteiger partial charge is 0.340 e. The maximum atomic E-state index is 5.06. The van der Waals surface area contributed by atoms with Gasteiger partial charge < -0.3 is 14.7 Å². The van der Waals surface area contributed by atoms with Crippen LogP contribution in [-0.2, 0) is 6.42 Å². The zero-order chi connectivity index (χ0) is 12.8. The molecule has 0 atom stereocenters. The van der Waals surface area contributed by atoms with Gasteiger partial charge >= 0.3 is 0 Å². The van der Waals surface area contributed by atoms with E-state index >= 15 is 0 Å². The number of nitrogens with one attached hydrogen (secondary N) is 1. The van der Waals surface area contributed by atoms with E-state index in [-0.39, 0.29) is 5.54 Å². The number of rotatable bonds is 5. The Bertz CT molecular complexity index is 335. The first-order valence-electron chi connectivity index (χ1n) is 7.01. The van der Waals surface area contributed by atoms with Crippen molar-refractivity contribution in [1.82, 2.24) is 20.4 Å². The Morgan fingerprint density at radius 3 is 2.94 bits per heavy atom. The number of hydrogen-bond acceptors (Lipinski definition) is 5. The molecule has 5 nitrogen and oxygen atoms in total. The summed E-state index contributed by atoms with van der Waals surface area (Å²) in [6, 6.07) is 0. The summed E-state index contributed by atoms with van der Waals surface area (Å²) >= 11 is 0. The molecule has 18 heavy (non-hydrogen) atoms. The molecule has 1 aromatic rings.